The number of aromatic nitrogens is 2. The van der Waals surface area contributed by atoms with Crippen LogP contribution in [-0.4, -0.2) is 32.9 Å². The van der Waals surface area contributed by atoms with E-state index in [9.17, 15) is 9.90 Å². The van der Waals surface area contributed by atoms with Crippen LogP contribution >= 0.6 is 0 Å². The number of aromatic hydroxyl groups is 1. The van der Waals surface area contributed by atoms with E-state index in [-0.39, 0.29) is 11.7 Å². The molecule has 2 aromatic carbocycles. The fourth-order valence-electron chi connectivity index (χ4n) is 2.49. The fourth-order valence-corrected chi connectivity index (χ4v) is 2.49. The lowest BCUT2D eigenvalue weighted by atomic mass is 10.1. The first kappa shape index (κ1) is 14.8. The lowest BCUT2D eigenvalue weighted by molar-refractivity contribution is 0.0785. The largest absolute Gasteiger partial charge is 0.508 e. The maximum absolute atomic E-state index is 12.8. The van der Waals surface area contributed by atoms with Gasteiger partial charge in [0.05, 0.1) is 5.56 Å². The minimum absolute atomic E-state index is 0.0969. The summed E-state index contributed by atoms with van der Waals surface area (Å²) in [6.07, 6.45) is 3.39. The summed E-state index contributed by atoms with van der Waals surface area (Å²) in [5, 5.41) is 9.53. The lowest BCUT2D eigenvalue weighted by Crippen LogP contribution is -2.26. The van der Waals surface area contributed by atoms with Gasteiger partial charge >= 0.3 is 0 Å². The van der Waals surface area contributed by atoms with Crippen molar-refractivity contribution < 1.29 is 9.90 Å². The minimum Gasteiger partial charge on any atom is -0.508 e. The Kier molecular flexibility index (Phi) is 4.10. The second-order valence-electron chi connectivity index (χ2n) is 5.31. The second-order valence-corrected chi connectivity index (χ2v) is 5.31. The van der Waals surface area contributed by atoms with E-state index >= 15 is 0 Å². The highest BCUT2D eigenvalue weighted by molar-refractivity contribution is 6.00. The van der Waals surface area contributed by atoms with Gasteiger partial charge < -0.3 is 15.0 Å². The van der Waals surface area contributed by atoms with Gasteiger partial charge in [-0.05, 0) is 23.8 Å². The third-order valence-electron chi connectivity index (χ3n) is 3.59. The van der Waals surface area contributed by atoms with E-state index in [1.807, 2.05) is 24.3 Å². The number of imidazole rings is 1. The zero-order valence-corrected chi connectivity index (χ0v) is 12.7. The van der Waals surface area contributed by atoms with Crippen molar-refractivity contribution >= 4 is 5.91 Å². The number of H-pyrrole nitrogens is 1. The molecule has 116 valence electrons. The van der Waals surface area contributed by atoms with Gasteiger partial charge in [-0.2, -0.15) is 0 Å². The number of phenolic OH excluding ortho intramolecular Hbond substituents is 1. The van der Waals surface area contributed by atoms with Gasteiger partial charge in [0.1, 0.15) is 11.6 Å². The normalized spacial score (nSPS) is 10.5. The average molecular weight is 307 g/mol. The molecule has 0 aliphatic rings. The van der Waals surface area contributed by atoms with Crippen LogP contribution < -0.4 is 0 Å². The molecule has 0 atom stereocenters. The number of carbonyl (C=O) groups is 1. The van der Waals surface area contributed by atoms with Gasteiger partial charge in [-0.15, -0.1) is 0 Å². The summed E-state index contributed by atoms with van der Waals surface area (Å²) in [5.41, 5.74) is 2.23. The van der Waals surface area contributed by atoms with Gasteiger partial charge in [-0.1, -0.05) is 30.3 Å². The van der Waals surface area contributed by atoms with Gasteiger partial charge in [-0.3, -0.25) is 4.79 Å². The lowest BCUT2D eigenvalue weighted by Gasteiger charge is -2.19. The maximum Gasteiger partial charge on any atom is 0.254 e. The summed E-state index contributed by atoms with van der Waals surface area (Å²) in [4.78, 5) is 21.6. The Bertz CT molecular complexity index is 813. The Labute approximate surface area is 134 Å². The van der Waals surface area contributed by atoms with Crippen LogP contribution in [0.25, 0.3) is 11.4 Å². The van der Waals surface area contributed by atoms with Crippen molar-refractivity contribution in [3.8, 4) is 17.1 Å². The van der Waals surface area contributed by atoms with Gasteiger partial charge in [0.15, 0.2) is 0 Å². The van der Waals surface area contributed by atoms with Crippen LogP contribution in [-0.2, 0) is 6.54 Å². The standard InChI is InChI=1S/C18H17N3O2/c1-21(12-13-5-4-6-14(22)11-13)18(23)16-8-3-2-7-15(16)17-19-9-10-20-17/h2-11,22H,12H2,1H3,(H,19,20). The molecule has 0 spiro atoms. The minimum atomic E-state index is -0.0969. The van der Waals surface area contributed by atoms with Gasteiger partial charge in [-0.25, -0.2) is 4.98 Å². The average Bonchev–Trinajstić information content (AvgIpc) is 3.08. The van der Waals surface area contributed by atoms with Crippen LogP contribution in [0.3, 0.4) is 0 Å². The zero-order chi connectivity index (χ0) is 16.2. The monoisotopic (exact) mass is 307 g/mol. The third kappa shape index (κ3) is 3.23. The molecule has 0 fully saturated rings. The number of hydrogen-bond acceptors (Lipinski definition) is 3. The van der Waals surface area contributed by atoms with Crippen molar-refractivity contribution in [1.82, 2.24) is 14.9 Å². The first-order valence-electron chi connectivity index (χ1n) is 7.27. The maximum atomic E-state index is 12.8. The summed E-state index contributed by atoms with van der Waals surface area (Å²) in [5.74, 6) is 0.763. The van der Waals surface area contributed by atoms with Crippen LogP contribution in [0, 0.1) is 0 Å². The first-order valence-corrected chi connectivity index (χ1v) is 7.27. The SMILES string of the molecule is CN(Cc1cccc(O)c1)C(=O)c1ccccc1-c1ncc[nH]1. The van der Waals surface area contributed by atoms with Crippen molar-refractivity contribution in [3.63, 3.8) is 0 Å². The molecule has 3 aromatic rings. The van der Waals surface area contributed by atoms with Gasteiger partial charge in [0.25, 0.3) is 5.91 Å². The fraction of sp³-hybridized carbons (Fsp3) is 0.111. The Morgan fingerprint density at radius 2 is 2.04 bits per heavy atom. The van der Waals surface area contributed by atoms with Crippen LogP contribution in [0.5, 0.6) is 5.75 Å². The summed E-state index contributed by atoms with van der Waals surface area (Å²) in [7, 11) is 1.74. The summed E-state index contributed by atoms with van der Waals surface area (Å²) in [6, 6.07) is 14.3. The van der Waals surface area contributed by atoms with E-state index in [2.05, 4.69) is 9.97 Å². The molecule has 0 radical (unpaired) electrons. The first-order chi connectivity index (χ1) is 11.1. The van der Waals surface area contributed by atoms with E-state index < -0.39 is 0 Å². The molecule has 5 heteroatoms. The van der Waals surface area contributed by atoms with Gasteiger partial charge in [0, 0.05) is 31.5 Å². The van der Waals surface area contributed by atoms with Crippen LogP contribution in [0.4, 0.5) is 0 Å². The molecule has 3 rings (SSSR count). The smallest absolute Gasteiger partial charge is 0.254 e. The van der Waals surface area contributed by atoms with Crippen molar-refractivity contribution in [2.24, 2.45) is 0 Å². The highest BCUT2D eigenvalue weighted by Crippen LogP contribution is 2.22. The van der Waals surface area contributed by atoms with E-state index in [0.29, 0.717) is 17.9 Å². The van der Waals surface area contributed by atoms with Crippen LogP contribution in [0.1, 0.15) is 15.9 Å². The molecule has 2 N–H and O–H groups in total. The number of hydrogen-bond donors (Lipinski definition) is 2. The molecule has 5 nitrogen and oxygen atoms in total. The Balaban J connectivity index is 1.86. The third-order valence-corrected chi connectivity index (χ3v) is 3.59. The Hall–Kier alpha value is -3.08. The molecule has 0 saturated heterocycles. The molecular formula is C18H17N3O2. The molecule has 1 aromatic heterocycles. The number of benzene rings is 2. The number of nitrogens with one attached hydrogen (secondary N) is 1. The second kappa shape index (κ2) is 6.36. The zero-order valence-electron chi connectivity index (χ0n) is 12.7. The predicted molar refractivity (Wildman–Crippen MR) is 87.9 cm³/mol. The van der Waals surface area contributed by atoms with E-state index in [4.69, 9.17) is 0 Å². The molecule has 0 unspecified atom stereocenters. The summed E-state index contributed by atoms with van der Waals surface area (Å²) >= 11 is 0. The highest BCUT2D eigenvalue weighted by Gasteiger charge is 2.17. The van der Waals surface area contributed by atoms with Crippen molar-refractivity contribution in [3.05, 3.63) is 72.1 Å². The van der Waals surface area contributed by atoms with E-state index in [0.717, 1.165) is 11.1 Å². The number of rotatable bonds is 4. The topological polar surface area (TPSA) is 69.2 Å². The molecule has 0 aliphatic carbocycles. The summed E-state index contributed by atoms with van der Waals surface area (Å²) in [6.45, 7) is 0.416. The number of carbonyl (C=O) groups excluding carboxylic acids is 1. The van der Waals surface area contributed by atoms with Crippen LogP contribution in [0.2, 0.25) is 0 Å². The Morgan fingerprint density at radius 3 is 2.78 bits per heavy atom. The van der Waals surface area contributed by atoms with Crippen molar-refractivity contribution in [2.45, 2.75) is 6.54 Å². The molecule has 1 amide bonds. The number of nitrogens with zero attached hydrogens (tertiary/aromatic N) is 2. The van der Waals surface area contributed by atoms with Crippen LogP contribution in [0.15, 0.2) is 60.9 Å². The van der Waals surface area contributed by atoms with Crippen molar-refractivity contribution in [1.29, 1.82) is 0 Å². The number of phenols is 1. The van der Waals surface area contributed by atoms with E-state index in [1.165, 1.54) is 0 Å². The number of aromatic amines is 1. The molecule has 23 heavy (non-hydrogen) atoms. The molecular weight excluding hydrogens is 290 g/mol. The summed E-state index contributed by atoms with van der Waals surface area (Å²) < 4.78 is 0. The molecule has 0 bridgehead atoms. The Morgan fingerprint density at radius 1 is 1.22 bits per heavy atom. The molecule has 0 aliphatic heterocycles. The van der Waals surface area contributed by atoms with Crippen molar-refractivity contribution in [2.75, 3.05) is 7.05 Å². The highest BCUT2D eigenvalue weighted by atomic mass is 16.3. The molecule has 0 saturated carbocycles. The molecule has 1 heterocycles. The number of amides is 1. The van der Waals surface area contributed by atoms with Gasteiger partial charge in [0.2, 0.25) is 0 Å². The van der Waals surface area contributed by atoms with E-state index in [1.54, 1.807) is 48.6 Å². The quantitative estimate of drug-likeness (QED) is 0.778. The predicted octanol–water partition coefficient (Wildman–Crippen LogP) is 3.05.